The van der Waals surface area contributed by atoms with E-state index in [4.69, 9.17) is 4.74 Å². The lowest BCUT2D eigenvalue weighted by Gasteiger charge is -2.13. The van der Waals surface area contributed by atoms with E-state index in [0.29, 0.717) is 23.2 Å². The van der Waals surface area contributed by atoms with E-state index in [0.717, 1.165) is 24.3 Å². The molecular weight excluding hydrogens is 328 g/mol. The number of nitrogens with zero attached hydrogens (tertiary/aromatic N) is 2. The fourth-order valence-corrected chi connectivity index (χ4v) is 3.10. The minimum Gasteiger partial charge on any atom is -0.490 e. The Morgan fingerprint density at radius 3 is 2.62 bits per heavy atom. The number of hydrogen-bond donors (Lipinski definition) is 2. The molecule has 1 fully saturated rings. The molecule has 0 aliphatic heterocycles. The van der Waals surface area contributed by atoms with Gasteiger partial charge in [-0.15, -0.1) is 0 Å². The van der Waals surface area contributed by atoms with Gasteiger partial charge in [-0.05, 0) is 68.1 Å². The summed E-state index contributed by atoms with van der Waals surface area (Å²) >= 11 is 0. The minimum atomic E-state index is -0.246. The van der Waals surface area contributed by atoms with Crippen LogP contribution in [-0.2, 0) is 0 Å². The number of amides is 1. The highest BCUT2D eigenvalue weighted by atomic mass is 16.5. The molecule has 0 bridgehead atoms. The van der Waals surface area contributed by atoms with Gasteiger partial charge in [0.2, 0.25) is 0 Å². The molecule has 0 spiro atoms. The highest BCUT2D eigenvalue weighted by Gasteiger charge is 2.16. The van der Waals surface area contributed by atoms with Gasteiger partial charge in [-0.3, -0.25) is 14.9 Å². The zero-order valence-electron chi connectivity index (χ0n) is 14.3. The maximum Gasteiger partial charge on any atom is 0.273 e. The van der Waals surface area contributed by atoms with Gasteiger partial charge >= 0.3 is 0 Å². The van der Waals surface area contributed by atoms with Crippen LogP contribution in [0.4, 0.5) is 5.69 Å². The largest absolute Gasteiger partial charge is 0.490 e. The summed E-state index contributed by atoms with van der Waals surface area (Å²) in [6.45, 7) is 0. The Labute approximate surface area is 151 Å². The molecule has 0 radical (unpaired) electrons. The second-order valence-corrected chi connectivity index (χ2v) is 6.38. The van der Waals surface area contributed by atoms with E-state index in [2.05, 4.69) is 20.5 Å². The fraction of sp³-hybridized carbons (Fsp3) is 0.250. The van der Waals surface area contributed by atoms with Crippen molar-refractivity contribution in [1.82, 2.24) is 15.2 Å². The topological polar surface area (TPSA) is 79.9 Å². The lowest BCUT2D eigenvalue weighted by Crippen LogP contribution is -2.13. The quantitative estimate of drug-likeness (QED) is 0.729. The molecule has 0 saturated heterocycles. The average Bonchev–Trinajstić information content (AvgIpc) is 3.36. The molecule has 1 saturated carbocycles. The molecule has 2 heterocycles. The first-order chi connectivity index (χ1) is 12.8. The molecule has 0 atom stereocenters. The zero-order chi connectivity index (χ0) is 17.8. The lowest BCUT2D eigenvalue weighted by atomic mass is 10.2. The van der Waals surface area contributed by atoms with Crippen LogP contribution in [0.2, 0.25) is 0 Å². The van der Waals surface area contributed by atoms with Crippen LogP contribution in [0.3, 0.4) is 0 Å². The van der Waals surface area contributed by atoms with E-state index in [1.165, 1.54) is 12.8 Å². The van der Waals surface area contributed by atoms with Gasteiger partial charge in [0.05, 0.1) is 11.8 Å². The zero-order valence-corrected chi connectivity index (χ0v) is 14.3. The van der Waals surface area contributed by atoms with Gasteiger partial charge in [0, 0.05) is 11.9 Å². The van der Waals surface area contributed by atoms with Crippen molar-refractivity contribution in [1.29, 1.82) is 0 Å². The van der Waals surface area contributed by atoms with Crippen LogP contribution in [0.15, 0.2) is 54.7 Å². The Morgan fingerprint density at radius 2 is 1.88 bits per heavy atom. The normalized spacial score (nSPS) is 14.3. The van der Waals surface area contributed by atoms with Crippen molar-refractivity contribution in [2.24, 2.45) is 0 Å². The number of aromatic nitrogens is 3. The number of nitrogens with one attached hydrogen (secondary N) is 2. The van der Waals surface area contributed by atoms with Gasteiger partial charge in [0.1, 0.15) is 17.1 Å². The lowest BCUT2D eigenvalue weighted by molar-refractivity contribution is 0.102. The van der Waals surface area contributed by atoms with Crippen LogP contribution in [0.25, 0.3) is 11.4 Å². The third-order valence-electron chi connectivity index (χ3n) is 4.47. The van der Waals surface area contributed by atoms with Crippen molar-refractivity contribution in [3.8, 4) is 17.1 Å². The number of rotatable bonds is 5. The van der Waals surface area contributed by atoms with E-state index in [1.807, 2.05) is 42.5 Å². The molecule has 1 amide bonds. The van der Waals surface area contributed by atoms with Gasteiger partial charge < -0.3 is 10.1 Å². The van der Waals surface area contributed by atoms with Crippen LogP contribution < -0.4 is 10.1 Å². The van der Waals surface area contributed by atoms with Crippen molar-refractivity contribution >= 4 is 11.6 Å². The molecule has 1 aliphatic carbocycles. The summed E-state index contributed by atoms with van der Waals surface area (Å²) in [5.41, 5.74) is 2.45. The monoisotopic (exact) mass is 348 g/mol. The standard InChI is InChI=1S/C20H20N4O2/c25-20(19-13-18(23-24-19)17-7-3-4-12-21-17)22-14-8-10-16(11-9-14)26-15-5-1-2-6-15/h3-4,7-13,15H,1-2,5-6H2,(H,22,25)(H,23,24). The first-order valence-corrected chi connectivity index (χ1v) is 8.83. The predicted octanol–water partition coefficient (Wildman–Crippen LogP) is 4.05. The van der Waals surface area contributed by atoms with Crippen molar-refractivity contribution in [2.45, 2.75) is 31.8 Å². The summed E-state index contributed by atoms with van der Waals surface area (Å²) in [5, 5.41) is 9.77. The number of aromatic amines is 1. The molecule has 1 aliphatic rings. The summed E-state index contributed by atoms with van der Waals surface area (Å²) in [4.78, 5) is 16.6. The van der Waals surface area contributed by atoms with E-state index in [9.17, 15) is 4.79 Å². The number of ether oxygens (including phenoxy) is 1. The number of carbonyl (C=O) groups excluding carboxylic acids is 1. The highest BCUT2D eigenvalue weighted by molar-refractivity contribution is 6.03. The SMILES string of the molecule is O=C(Nc1ccc(OC2CCCC2)cc1)c1cc(-c2ccccn2)n[nH]1. The molecule has 2 N–H and O–H groups in total. The predicted molar refractivity (Wildman–Crippen MR) is 99.1 cm³/mol. The second-order valence-electron chi connectivity index (χ2n) is 6.38. The average molecular weight is 348 g/mol. The first-order valence-electron chi connectivity index (χ1n) is 8.83. The molecule has 4 rings (SSSR count). The molecule has 132 valence electrons. The molecule has 2 aromatic heterocycles. The Morgan fingerprint density at radius 1 is 1.08 bits per heavy atom. The Kier molecular flexibility index (Phi) is 4.64. The maximum absolute atomic E-state index is 12.4. The van der Waals surface area contributed by atoms with Crippen molar-refractivity contribution in [2.75, 3.05) is 5.32 Å². The number of hydrogen-bond acceptors (Lipinski definition) is 4. The number of pyridine rings is 1. The van der Waals surface area contributed by atoms with Crippen LogP contribution in [-0.4, -0.2) is 27.2 Å². The molecule has 26 heavy (non-hydrogen) atoms. The highest BCUT2D eigenvalue weighted by Crippen LogP contribution is 2.25. The van der Waals surface area contributed by atoms with Gasteiger partial charge in [-0.2, -0.15) is 5.10 Å². The van der Waals surface area contributed by atoms with Gasteiger partial charge in [-0.1, -0.05) is 6.07 Å². The minimum absolute atomic E-state index is 0.246. The van der Waals surface area contributed by atoms with Gasteiger partial charge in [0.25, 0.3) is 5.91 Å². The van der Waals surface area contributed by atoms with Gasteiger partial charge in [-0.25, -0.2) is 0 Å². The number of anilines is 1. The Bertz CT molecular complexity index is 868. The Balaban J connectivity index is 1.39. The summed E-state index contributed by atoms with van der Waals surface area (Å²) < 4.78 is 5.94. The molecule has 6 heteroatoms. The molecule has 6 nitrogen and oxygen atoms in total. The van der Waals surface area contributed by atoms with E-state index in [-0.39, 0.29) is 5.91 Å². The molecule has 3 aromatic rings. The Hall–Kier alpha value is -3.15. The van der Waals surface area contributed by atoms with Crippen molar-refractivity contribution in [3.05, 3.63) is 60.4 Å². The van der Waals surface area contributed by atoms with Crippen LogP contribution in [0, 0.1) is 0 Å². The molecule has 0 unspecified atom stereocenters. The molecular formula is C20H20N4O2. The number of benzene rings is 1. The van der Waals surface area contributed by atoms with Crippen LogP contribution in [0.1, 0.15) is 36.2 Å². The van der Waals surface area contributed by atoms with E-state index < -0.39 is 0 Å². The summed E-state index contributed by atoms with van der Waals surface area (Å²) in [7, 11) is 0. The van der Waals surface area contributed by atoms with E-state index >= 15 is 0 Å². The third kappa shape index (κ3) is 3.74. The number of H-pyrrole nitrogens is 1. The maximum atomic E-state index is 12.4. The third-order valence-corrected chi connectivity index (χ3v) is 4.47. The molecule has 1 aromatic carbocycles. The summed E-state index contributed by atoms with van der Waals surface area (Å²) in [6.07, 6.45) is 6.74. The first kappa shape index (κ1) is 16.3. The summed E-state index contributed by atoms with van der Waals surface area (Å²) in [5.74, 6) is 0.595. The second kappa shape index (κ2) is 7.39. The van der Waals surface area contributed by atoms with Crippen molar-refractivity contribution < 1.29 is 9.53 Å². The number of carbonyl (C=O) groups is 1. The van der Waals surface area contributed by atoms with Crippen molar-refractivity contribution in [3.63, 3.8) is 0 Å². The van der Waals surface area contributed by atoms with Gasteiger partial charge in [0.15, 0.2) is 0 Å². The van der Waals surface area contributed by atoms with E-state index in [1.54, 1.807) is 12.3 Å². The summed E-state index contributed by atoms with van der Waals surface area (Å²) in [6, 6.07) is 14.7. The smallest absolute Gasteiger partial charge is 0.273 e. The van der Waals surface area contributed by atoms with Crippen LogP contribution >= 0.6 is 0 Å². The van der Waals surface area contributed by atoms with Crippen LogP contribution in [0.5, 0.6) is 5.75 Å². The fourth-order valence-electron chi connectivity index (χ4n) is 3.10.